The van der Waals surface area contributed by atoms with Crippen LogP contribution in [0.5, 0.6) is 0 Å². The van der Waals surface area contributed by atoms with Crippen molar-refractivity contribution in [2.75, 3.05) is 39.5 Å². The maximum Gasteiger partial charge on any atom is 0.243 e. The predicted octanol–water partition coefficient (Wildman–Crippen LogP) is 1.06. The second kappa shape index (κ2) is 12.3. The molecule has 1 unspecified atom stereocenters. The highest BCUT2D eigenvalue weighted by Gasteiger charge is 2.05. The van der Waals surface area contributed by atoms with Crippen LogP contribution in [0.2, 0.25) is 0 Å². The Bertz CT molecular complexity index is 523. The quantitative estimate of drug-likeness (QED) is 0.369. The van der Waals surface area contributed by atoms with E-state index in [-0.39, 0.29) is 36.4 Å². The number of nitrogens with one attached hydrogen (secondary N) is 2. The molecule has 2 N–H and O–H groups in total. The first-order valence-electron chi connectivity index (χ1n) is 7.20. The molecule has 0 radical (unpaired) electrons. The third kappa shape index (κ3) is 8.89. The normalized spacial score (nSPS) is 12.0. The van der Waals surface area contributed by atoms with Gasteiger partial charge in [-0.05, 0) is 19.1 Å². The van der Waals surface area contributed by atoms with Crippen molar-refractivity contribution in [2.24, 2.45) is 4.99 Å². The lowest BCUT2D eigenvalue weighted by molar-refractivity contribution is -0.127. The minimum atomic E-state index is -1.04. The number of amides is 1. The highest BCUT2D eigenvalue weighted by molar-refractivity contribution is 14.0. The molecule has 1 aromatic rings. The highest BCUT2D eigenvalue weighted by Crippen LogP contribution is 2.04. The van der Waals surface area contributed by atoms with Crippen LogP contribution in [0.4, 0.5) is 0 Å². The molecule has 130 valence electrons. The summed E-state index contributed by atoms with van der Waals surface area (Å²) in [5.74, 6) is 0.976. The topological polar surface area (TPSA) is 73.8 Å². The van der Waals surface area contributed by atoms with E-state index in [1.807, 2.05) is 37.3 Å². The molecule has 0 bridgehead atoms. The summed E-state index contributed by atoms with van der Waals surface area (Å²) in [5.41, 5.74) is 0. The number of benzene rings is 1. The van der Waals surface area contributed by atoms with Crippen LogP contribution in [0, 0.1) is 0 Å². The van der Waals surface area contributed by atoms with Gasteiger partial charge in [0.1, 0.15) is 6.54 Å². The van der Waals surface area contributed by atoms with Crippen LogP contribution in [-0.2, 0) is 15.6 Å². The van der Waals surface area contributed by atoms with Crippen LogP contribution in [0.1, 0.15) is 6.92 Å². The molecule has 0 aliphatic heterocycles. The largest absolute Gasteiger partial charge is 0.357 e. The average molecular weight is 452 g/mol. The van der Waals surface area contributed by atoms with Crippen molar-refractivity contribution < 1.29 is 9.00 Å². The lowest BCUT2D eigenvalue weighted by Gasteiger charge is -2.12. The van der Waals surface area contributed by atoms with Crippen LogP contribution in [0.3, 0.4) is 0 Å². The van der Waals surface area contributed by atoms with Crippen molar-refractivity contribution in [2.45, 2.75) is 11.8 Å². The zero-order valence-electron chi connectivity index (χ0n) is 13.7. The molecule has 1 rings (SSSR count). The van der Waals surface area contributed by atoms with E-state index in [1.54, 1.807) is 14.1 Å². The molecule has 1 aromatic carbocycles. The standard InChI is InChI=1S/C15H24N4O2S.HI/c1-4-16-15(18-12-14(20)19(2)3)17-10-11-22(21)13-8-6-5-7-9-13;/h5-9H,4,10-12H2,1-3H3,(H2,16,17,18);1H. The molecule has 1 amide bonds. The smallest absolute Gasteiger partial charge is 0.243 e. The Labute approximate surface area is 157 Å². The van der Waals surface area contributed by atoms with E-state index in [9.17, 15) is 9.00 Å². The van der Waals surface area contributed by atoms with E-state index < -0.39 is 10.8 Å². The van der Waals surface area contributed by atoms with Gasteiger partial charge >= 0.3 is 0 Å². The van der Waals surface area contributed by atoms with E-state index in [1.165, 1.54) is 4.90 Å². The monoisotopic (exact) mass is 452 g/mol. The van der Waals surface area contributed by atoms with Gasteiger partial charge in [0.05, 0.1) is 10.8 Å². The van der Waals surface area contributed by atoms with Gasteiger partial charge in [0.25, 0.3) is 0 Å². The van der Waals surface area contributed by atoms with Gasteiger partial charge in [-0.15, -0.1) is 24.0 Å². The number of hydrogen-bond acceptors (Lipinski definition) is 3. The molecule has 23 heavy (non-hydrogen) atoms. The number of aliphatic imine (C=N–C) groups is 1. The second-order valence-corrected chi connectivity index (χ2v) is 6.34. The van der Waals surface area contributed by atoms with Crippen molar-refractivity contribution in [1.82, 2.24) is 15.5 Å². The molecule has 1 atom stereocenters. The predicted molar refractivity (Wildman–Crippen MR) is 106 cm³/mol. The molecular formula is C15H25IN4O2S. The van der Waals surface area contributed by atoms with Crippen molar-refractivity contribution in [3.63, 3.8) is 0 Å². The Kier molecular flexibility index (Phi) is 11.7. The SMILES string of the molecule is CCNC(=NCC(=O)N(C)C)NCCS(=O)c1ccccc1.I. The van der Waals surface area contributed by atoms with E-state index >= 15 is 0 Å². The molecule has 0 spiro atoms. The number of hydrogen-bond donors (Lipinski definition) is 2. The summed E-state index contributed by atoms with van der Waals surface area (Å²) in [6.45, 7) is 3.25. The van der Waals surface area contributed by atoms with E-state index in [4.69, 9.17) is 0 Å². The van der Waals surface area contributed by atoms with Gasteiger partial charge < -0.3 is 15.5 Å². The summed E-state index contributed by atoms with van der Waals surface area (Å²) < 4.78 is 12.1. The molecule has 0 aromatic heterocycles. The fourth-order valence-electron chi connectivity index (χ4n) is 1.58. The van der Waals surface area contributed by atoms with Gasteiger partial charge in [-0.1, -0.05) is 18.2 Å². The number of guanidine groups is 1. The van der Waals surface area contributed by atoms with E-state index in [2.05, 4.69) is 15.6 Å². The first-order valence-corrected chi connectivity index (χ1v) is 8.52. The van der Waals surface area contributed by atoms with Gasteiger partial charge in [0.15, 0.2) is 5.96 Å². The van der Waals surface area contributed by atoms with Gasteiger partial charge in [-0.3, -0.25) is 9.00 Å². The zero-order chi connectivity index (χ0) is 16.4. The Morgan fingerprint density at radius 3 is 2.43 bits per heavy atom. The van der Waals surface area contributed by atoms with Crippen LogP contribution >= 0.6 is 24.0 Å². The maximum atomic E-state index is 12.1. The first-order chi connectivity index (χ1) is 10.5. The summed E-state index contributed by atoms with van der Waals surface area (Å²) >= 11 is 0. The third-order valence-electron chi connectivity index (χ3n) is 2.80. The zero-order valence-corrected chi connectivity index (χ0v) is 16.9. The lowest BCUT2D eigenvalue weighted by atomic mass is 10.4. The van der Waals surface area contributed by atoms with Crippen LogP contribution < -0.4 is 10.6 Å². The summed E-state index contributed by atoms with van der Waals surface area (Å²) in [4.78, 5) is 18.1. The molecule has 0 saturated heterocycles. The molecular weight excluding hydrogens is 427 g/mol. The summed E-state index contributed by atoms with van der Waals surface area (Å²) in [6.07, 6.45) is 0. The second-order valence-electron chi connectivity index (χ2n) is 4.77. The molecule has 0 aliphatic carbocycles. The van der Waals surface area contributed by atoms with Gasteiger partial charge in [0.2, 0.25) is 5.91 Å². The van der Waals surface area contributed by atoms with Crippen LogP contribution in [0.25, 0.3) is 0 Å². The molecule has 8 heteroatoms. The fourth-order valence-corrected chi connectivity index (χ4v) is 2.57. The molecule has 6 nitrogen and oxygen atoms in total. The van der Waals surface area contributed by atoms with Crippen LogP contribution in [0.15, 0.2) is 40.2 Å². The Morgan fingerprint density at radius 2 is 1.87 bits per heavy atom. The van der Waals surface area contributed by atoms with Crippen molar-refractivity contribution in [1.29, 1.82) is 0 Å². The molecule has 0 aliphatic rings. The maximum absolute atomic E-state index is 12.1. The van der Waals surface area contributed by atoms with E-state index in [0.29, 0.717) is 24.8 Å². The number of likely N-dealkylation sites (N-methyl/N-ethyl adjacent to an activating group) is 1. The summed E-state index contributed by atoms with van der Waals surface area (Å²) in [7, 11) is 2.35. The third-order valence-corrected chi connectivity index (χ3v) is 4.17. The minimum absolute atomic E-state index is 0. The highest BCUT2D eigenvalue weighted by atomic mass is 127. The number of carbonyl (C=O) groups is 1. The summed E-state index contributed by atoms with van der Waals surface area (Å²) in [6, 6.07) is 9.35. The van der Waals surface area contributed by atoms with Crippen molar-refractivity contribution in [3.8, 4) is 0 Å². The molecule has 0 fully saturated rings. The van der Waals surface area contributed by atoms with Crippen molar-refractivity contribution >= 4 is 46.6 Å². The van der Waals surface area contributed by atoms with Gasteiger partial charge in [-0.2, -0.15) is 0 Å². The number of halogens is 1. The van der Waals surface area contributed by atoms with Gasteiger partial charge in [-0.25, -0.2) is 4.99 Å². The summed E-state index contributed by atoms with van der Waals surface area (Å²) in [5, 5.41) is 6.15. The number of nitrogens with zero attached hydrogens (tertiary/aromatic N) is 2. The van der Waals surface area contributed by atoms with Gasteiger partial charge in [0, 0.05) is 37.8 Å². The fraction of sp³-hybridized carbons (Fsp3) is 0.467. The lowest BCUT2D eigenvalue weighted by Crippen LogP contribution is -2.40. The van der Waals surface area contributed by atoms with E-state index in [0.717, 1.165) is 4.90 Å². The van der Waals surface area contributed by atoms with Crippen LogP contribution in [-0.4, -0.2) is 60.5 Å². The minimum Gasteiger partial charge on any atom is -0.357 e. The number of rotatable bonds is 7. The van der Waals surface area contributed by atoms with Crippen molar-refractivity contribution in [3.05, 3.63) is 30.3 Å². The number of carbonyl (C=O) groups excluding carboxylic acids is 1. The Balaban J connectivity index is 0.00000484. The Hall–Kier alpha value is -1.16. The molecule has 0 saturated carbocycles. The first kappa shape index (κ1) is 21.8. The Morgan fingerprint density at radius 1 is 1.22 bits per heavy atom. The average Bonchev–Trinajstić information content (AvgIpc) is 2.52. The molecule has 0 heterocycles.